The zero-order chi connectivity index (χ0) is 11.3. The van der Waals surface area contributed by atoms with Gasteiger partial charge in [-0.05, 0) is 20.3 Å². The van der Waals surface area contributed by atoms with Crippen molar-refractivity contribution in [2.24, 2.45) is 0 Å². The van der Waals surface area contributed by atoms with Gasteiger partial charge in [0.25, 0.3) is 0 Å². The monoisotopic (exact) mass is 228 g/mol. The molecule has 15 heavy (non-hydrogen) atoms. The van der Waals surface area contributed by atoms with Crippen molar-refractivity contribution in [3.63, 3.8) is 0 Å². The standard InChI is InChI=1S/C11H20N2OS/c1-4-7-9-10(8-14)15-11(12-9)13(5-2)6-3/h14H,4-8H2,1-3H3. The number of aromatic nitrogens is 1. The van der Waals surface area contributed by atoms with Crippen molar-refractivity contribution in [2.75, 3.05) is 18.0 Å². The van der Waals surface area contributed by atoms with Crippen molar-refractivity contribution in [3.8, 4) is 0 Å². The Morgan fingerprint density at radius 1 is 1.27 bits per heavy atom. The molecule has 3 nitrogen and oxygen atoms in total. The highest BCUT2D eigenvalue weighted by atomic mass is 32.1. The number of thiazole rings is 1. The molecule has 1 N–H and O–H groups in total. The Kier molecular flexibility index (Phi) is 5.05. The summed E-state index contributed by atoms with van der Waals surface area (Å²) in [6.45, 7) is 8.46. The fourth-order valence-electron chi connectivity index (χ4n) is 1.55. The van der Waals surface area contributed by atoms with Gasteiger partial charge in [0.2, 0.25) is 0 Å². The third-order valence-electron chi connectivity index (χ3n) is 2.43. The van der Waals surface area contributed by atoms with Crippen LogP contribution >= 0.6 is 11.3 Å². The van der Waals surface area contributed by atoms with E-state index in [1.165, 1.54) is 0 Å². The Morgan fingerprint density at radius 3 is 2.40 bits per heavy atom. The van der Waals surface area contributed by atoms with Gasteiger partial charge in [-0.2, -0.15) is 0 Å². The molecule has 0 bridgehead atoms. The van der Waals surface area contributed by atoms with Gasteiger partial charge in [-0.15, -0.1) is 0 Å². The van der Waals surface area contributed by atoms with Crippen molar-refractivity contribution in [1.29, 1.82) is 0 Å². The molecule has 0 saturated heterocycles. The van der Waals surface area contributed by atoms with Crippen molar-refractivity contribution in [1.82, 2.24) is 4.98 Å². The molecule has 0 aliphatic carbocycles. The number of aliphatic hydroxyl groups excluding tert-OH is 1. The summed E-state index contributed by atoms with van der Waals surface area (Å²) in [5.41, 5.74) is 1.08. The van der Waals surface area contributed by atoms with Crippen LogP contribution in [0.1, 0.15) is 37.8 Å². The quantitative estimate of drug-likeness (QED) is 0.812. The number of rotatable bonds is 6. The molecule has 1 aromatic rings. The molecule has 0 fully saturated rings. The zero-order valence-corrected chi connectivity index (χ0v) is 10.6. The Morgan fingerprint density at radius 2 is 1.93 bits per heavy atom. The average molecular weight is 228 g/mol. The molecule has 86 valence electrons. The number of aliphatic hydroxyl groups is 1. The second-order valence-corrected chi connectivity index (χ2v) is 4.51. The minimum atomic E-state index is 0.119. The normalized spacial score (nSPS) is 10.7. The van der Waals surface area contributed by atoms with Crippen molar-refractivity contribution in [2.45, 2.75) is 40.2 Å². The highest BCUT2D eigenvalue weighted by Gasteiger charge is 2.12. The van der Waals surface area contributed by atoms with E-state index in [0.29, 0.717) is 0 Å². The molecular weight excluding hydrogens is 208 g/mol. The molecule has 0 atom stereocenters. The predicted molar refractivity (Wildman–Crippen MR) is 65.6 cm³/mol. The van der Waals surface area contributed by atoms with Gasteiger partial charge in [0.15, 0.2) is 5.13 Å². The predicted octanol–water partition coefficient (Wildman–Crippen LogP) is 2.43. The first-order chi connectivity index (χ1) is 7.26. The first-order valence-electron chi connectivity index (χ1n) is 5.61. The van der Waals surface area contributed by atoms with E-state index in [2.05, 4.69) is 30.7 Å². The largest absolute Gasteiger partial charge is 0.391 e. The van der Waals surface area contributed by atoms with Crippen LogP contribution < -0.4 is 4.90 Å². The molecular formula is C11H20N2OS. The van der Waals surface area contributed by atoms with E-state index in [1.54, 1.807) is 11.3 Å². The SMILES string of the molecule is CCCc1nc(N(CC)CC)sc1CO. The highest BCUT2D eigenvalue weighted by molar-refractivity contribution is 7.15. The maximum absolute atomic E-state index is 9.24. The summed E-state index contributed by atoms with van der Waals surface area (Å²) in [4.78, 5) is 7.85. The molecule has 1 rings (SSSR count). The van der Waals surface area contributed by atoms with Crippen LogP contribution in [0.15, 0.2) is 0 Å². The zero-order valence-electron chi connectivity index (χ0n) is 9.79. The van der Waals surface area contributed by atoms with Gasteiger partial charge in [-0.1, -0.05) is 24.7 Å². The van der Waals surface area contributed by atoms with E-state index in [1.807, 2.05) is 0 Å². The average Bonchev–Trinajstić information content (AvgIpc) is 2.64. The number of anilines is 1. The van der Waals surface area contributed by atoms with Crippen molar-refractivity contribution in [3.05, 3.63) is 10.6 Å². The van der Waals surface area contributed by atoms with E-state index >= 15 is 0 Å². The molecule has 0 radical (unpaired) electrons. The summed E-state index contributed by atoms with van der Waals surface area (Å²) in [5.74, 6) is 0. The minimum absolute atomic E-state index is 0.119. The fourth-order valence-corrected chi connectivity index (χ4v) is 2.65. The van der Waals surface area contributed by atoms with Gasteiger partial charge in [0.1, 0.15) is 0 Å². The van der Waals surface area contributed by atoms with E-state index < -0.39 is 0 Å². The van der Waals surface area contributed by atoms with Gasteiger partial charge < -0.3 is 10.0 Å². The molecule has 0 aliphatic rings. The molecule has 0 aliphatic heterocycles. The Balaban J connectivity index is 2.90. The van der Waals surface area contributed by atoms with Crippen LogP contribution in [0.4, 0.5) is 5.13 Å². The van der Waals surface area contributed by atoms with Crippen LogP contribution in [0.3, 0.4) is 0 Å². The maximum Gasteiger partial charge on any atom is 0.185 e. The lowest BCUT2D eigenvalue weighted by molar-refractivity contribution is 0.284. The third-order valence-corrected chi connectivity index (χ3v) is 3.57. The highest BCUT2D eigenvalue weighted by Crippen LogP contribution is 2.27. The molecule has 1 heterocycles. The van der Waals surface area contributed by atoms with Crippen molar-refractivity contribution >= 4 is 16.5 Å². The summed E-state index contributed by atoms with van der Waals surface area (Å²) in [5, 5.41) is 10.3. The van der Waals surface area contributed by atoms with E-state index in [4.69, 9.17) is 0 Å². The smallest absolute Gasteiger partial charge is 0.185 e. The Bertz CT molecular complexity index is 295. The fraction of sp³-hybridized carbons (Fsp3) is 0.727. The summed E-state index contributed by atoms with van der Waals surface area (Å²) in [7, 11) is 0. The second-order valence-electron chi connectivity index (χ2n) is 3.45. The first-order valence-corrected chi connectivity index (χ1v) is 6.42. The third kappa shape index (κ3) is 2.92. The van der Waals surface area contributed by atoms with E-state index in [-0.39, 0.29) is 6.61 Å². The van der Waals surface area contributed by atoms with Gasteiger partial charge in [-0.25, -0.2) is 4.98 Å². The molecule has 4 heteroatoms. The van der Waals surface area contributed by atoms with Crippen LogP contribution in [0.25, 0.3) is 0 Å². The summed E-state index contributed by atoms with van der Waals surface area (Å²) in [6.07, 6.45) is 2.04. The summed E-state index contributed by atoms with van der Waals surface area (Å²) >= 11 is 1.62. The second kappa shape index (κ2) is 6.08. The van der Waals surface area contributed by atoms with E-state index in [0.717, 1.165) is 41.6 Å². The van der Waals surface area contributed by atoms with Crippen molar-refractivity contribution < 1.29 is 5.11 Å². The van der Waals surface area contributed by atoms with Crippen LogP contribution in [-0.2, 0) is 13.0 Å². The van der Waals surface area contributed by atoms with Crippen LogP contribution in [0.5, 0.6) is 0 Å². The number of hydrogen-bond donors (Lipinski definition) is 1. The Labute approximate surface area is 95.8 Å². The van der Waals surface area contributed by atoms with Gasteiger partial charge in [0.05, 0.1) is 17.2 Å². The first kappa shape index (κ1) is 12.5. The summed E-state index contributed by atoms with van der Waals surface area (Å²) < 4.78 is 0. The van der Waals surface area contributed by atoms with Gasteiger partial charge in [0, 0.05) is 13.1 Å². The van der Waals surface area contributed by atoms with Crippen LogP contribution in [0, 0.1) is 0 Å². The number of nitrogens with zero attached hydrogens (tertiary/aromatic N) is 2. The van der Waals surface area contributed by atoms with Gasteiger partial charge in [-0.3, -0.25) is 0 Å². The lowest BCUT2D eigenvalue weighted by Gasteiger charge is -2.16. The lowest BCUT2D eigenvalue weighted by atomic mass is 10.2. The Hall–Kier alpha value is -0.610. The maximum atomic E-state index is 9.24. The topological polar surface area (TPSA) is 36.4 Å². The molecule has 0 aromatic carbocycles. The minimum Gasteiger partial charge on any atom is -0.391 e. The molecule has 1 aromatic heterocycles. The number of hydrogen-bond acceptors (Lipinski definition) is 4. The molecule has 0 amide bonds. The molecule has 0 unspecified atom stereocenters. The number of aryl methyl sites for hydroxylation is 1. The molecule has 0 spiro atoms. The van der Waals surface area contributed by atoms with Crippen LogP contribution in [-0.4, -0.2) is 23.2 Å². The summed E-state index contributed by atoms with van der Waals surface area (Å²) in [6, 6.07) is 0. The molecule has 0 saturated carbocycles. The van der Waals surface area contributed by atoms with Gasteiger partial charge >= 0.3 is 0 Å². The van der Waals surface area contributed by atoms with Crippen LogP contribution in [0.2, 0.25) is 0 Å². The van der Waals surface area contributed by atoms with E-state index in [9.17, 15) is 5.11 Å². The lowest BCUT2D eigenvalue weighted by Crippen LogP contribution is -2.21.